The van der Waals surface area contributed by atoms with Crippen LogP contribution < -0.4 is 0 Å². The number of ether oxygens (including phenoxy) is 3. The zero-order valence-electron chi connectivity index (χ0n) is 13.0. The molecule has 0 fully saturated rings. The minimum Gasteiger partial charge on any atom is -0.466 e. The summed E-state index contributed by atoms with van der Waals surface area (Å²) in [7, 11) is 1.66. The van der Waals surface area contributed by atoms with Gasteiger partial charge in [0.1, 0.15) is 0 Å². The molecule has 1 atom stereocenters. The Kier molecular flexibility index (Phi) is 12.2. The molecule has 1 unspecified atom stereocenters. The fourth-order valence-corrected chi connectivity index (χ4v) is 1.54. The van der Waals surface area contributed by atoms with Gasteiger partial charge in [0.15, 0.2) is 0 Å². The topological polar surface area (TPSA) is 61.8 Å². The lowest BCUT2D eigenvalue weighted by Gasteiger charge is -2.11. The van der Waals surface area contributed by atoms with Crippen molar-refractivity contribution in [1.82, 2.24) is 0 Å². The van der Waals surface area contributed by atoms with Crippen LogP contribution in [0.25, 0.3) is 0 Å². The number of esters is 2. The van der Waals surface area contributed by atoms with E-state index in [9.17, 15) is 9.59 Å². The van der Waals surface area contributed by atoms with E-state index < -0.39 is 0 Å². The molecule has 0 saturated carbocycles. The Bertz CT molecular complexity index is 265. The van der Waals surface area contributed by atoms with E-state index in [0.717, 1.165) is 12.8 Å². The number of hydrogen-bond donors (Lipinski definition) is 0. The Hall–Kier alpha value is -1.10. The van der Waals surface area contributed by atoms with Crippen molar-refractivity contribution in [3.8, 4) is 0 Å². The molecule has 0 spiro atoms. The van der Waals surface area contributed by atoms with Crippen molar-refractivity contribution in [3.63, 3.8) is 0 Å². The molecule has 0 aliphatic rings. The highest BCUT2D eigenvalue weighted by molar-refractivity contribution is 5.70. The van der Waals surface area contributed by atoms with Gasteiger partial charge in [-0.3, -0.25) is 9.59 Å². The Labute approximate surface area is 122 Å². The van der Waals surface area contributed by atoms with Gasteiger partial charge < -0.3 is 14.2 Å². The molecule has 0 saturated heterocycles. The van der Waals surface area contributed by atoms with Crippen LogP contribution in [0.5, 0.6) is 0 Å². The molecule has 0 aromatic carbocycles. The summed E-state index contributed by atoms with van der Waals surface area (Å²) in [6.45, 7) is 5.56. The van der Waals surface area contributed by atoms with E-state index in [1.54, 1.807) is 7.11 Å². The van der Waals surface area contributed by atoms with E-state index >= 15 is 0 Å². The number of carbonyl (C=O) groups excluding carboxylic acids is 2. The van der Waals surface area contributed by atoms with E-state index in [1.165, 1.54) is 0 Å². The molecule has 0 aliphatic carbocycles. The molecule has 0 aromatic rings. The summed E-state index contributed by atoms with van der Waals surface area (Å²) in [4.78, 5) is 22.7. The zero-order chi connectivity index (χ0) is 15.2. The van der Waals surface area contributed by atoms with Gasteiger partial charge in [-0.1, -0.05) is 13.8 Å². The average Bonchev–Trinajstić information content (AvgIpc) is 2.45. The fourth-order valence-electron chi connectivity index (χ4n) is 1.54. The van der Waals surface area contributed by atoms with E-state index in [-0.39, 0.29) is 11.9 Å². The number of unbranched alkanes of at least 4 members (excludes halogenated alkanes) is 1. The van der Waals surface area contributed by atoms with Crippen LogP contribution in [0.4, 0.5) is 0 Å². The summed E-state index contributed by atoms with van der Waals surface area (Å²) >= 11 is 0. The van der Waals surface area contributed by atoms with Crippen LogP contribution in [-0.2, 0) is 23.8 Å². The van der Waals surface area contributed by atoms with Crippen LogP contribution in [0.3, 0.4) is 0 Å². The molecule has 0 N–H and O–H groups in total. The van der Waals surface area contributed by atoms with Gasteiger partial charge in [0.05, 0.1) is 13.2 Å². The lowest BCUT2D eigenvalue weighted by Crippen LogP contribution is -2.13. The van der Waals surface area contributed by atoms with E-state index in [4.69, 9.17) is 14.2 Å². The Morgan fingerprint density at radius 2 is 1.60 bits per heavy atom. The van der Waals surface area contributed by atoms with Gasteiger partial charge in [0.2, 0.25) is 0 Å². The minimum atomic E-state index is -0.198. The predicted octanol–water partition coefficient (Wildman–Crippen LogP) is 2.72. The quantitative estimate of drug-likeness (QED) is 0.408. The second-order valence-corrected chi connectivity index (χ2v) is 5.00. The number of rotatable bonds is 12. The lowest BCUT2D eigenvalue weighted by atomic mass is 10.1. The molecule has 20 heavy (non-hydrogen) atoms. The fraction of sp³-hybridized carbons (Fsp3) is 0.867. The van der Waals surface area contributed by atoms with Gasteiger partial charge in [0, 0.05) is 26.6 Å². The van der Waals surface area contributed by atoms with Crippen molar-refractivity contribution < 1.29 is 23.8 Å². The first-order valence-corrected chi connectivity index (χ1v) is 7.40. The number of hydrogen-bond acceptors (Lipinski definition) is 5. The first-order valence-electron chi connectivity index (χ1n) is 7.40. The lowest BCUT2D eigenvalue weighted by molar-refractivity contribution is -0.146. The standard InChI is InChI=1S/C15H28O5/c1-4-10-19-14(16)7-5-6-8-15(17)20-12-13(2)9-11-18-3/h13H,4-12H2,1-3H3. The molecule has 0 bridgehead atoms. The van der Waals surface area contributed by atoms with E-state index in [2.05, 4.69) is 0 Å². The number of methoxy groups -OCH3 is 1. The van der Waals surface area contributed by atoms with Gasteiger partial charge in [-0.2, -0.15) is 0 Å². The third-order valence-corrected chi connectivity index (χ3v) is 2.82. The average molecular weight is 288 g/mol. The summed E-state index contributed by atoms with van der Waals surface area (Å²) in [5.41, 5.74) is 0. The summed E-state index contributed by atoms with van der Waals surface area (Å²) in [6, 6.07) is 0. The summed E-state index contributed by atoms with van der Waals surface area (Å²) in [5, 5.41) is 0. The highest BCUT2D eigenvalue weighted by Gasteiger charge is 2.08. The largest absolute Gasteiger partial charge is 0.466 e. The van der Waals surface area contributed by atoms with Gasteiger partial charge in [-0.05, 0) is 31.6 Å². The van der Waals surface area contributed by atoms with Gasteiger partial charge >= 0.3 is 11.9 Å². The molecule has 0 aromatic heterocycles. The maximum absolute atomic E-state index is 11.5. The molecule has 0 rings (SSSR count). The molecule has 5 heteroatoms. The Balaban J connectivity index is 3.47. The predicted molar refractivity (Wildman–Crippen MR) is 76.3 cm³/mol. The van der Waals surface area contributed by atoms with Crippen molar-refractivity contribution in [1.29, 1.82) is 0 Å². The molecular weight excluding hydrogens is 260 g/mol. The van der Waals surface area contributed by atoms with E-state index in [0.29, 0.717) is 51.4 Å². The van der Waals surface area contributed by atoms with Gasteiger partial charge in [-0.15, -0.1) is 0 Å². The summed E-state index contributed by atoms with van der Waals surface area (Å²) in [5.74, 6) is -0.0764. The van der Waals surface area contributed by atoms with E-state index in [1.807, 2.05) is 13.8 Å². The Morgan fingerprint density at radius 3 is 2.15 bits per heavy atom. The van der Waals surface area contributed by atoms with Crippen molar-refractivity contribution in [2.75, 3.05) is 26.9 Å². The monoisotopic (exact) mass is 288 g/mol. The summed E-state index contributed by atoms with van der Waals surface area (Å²) in [6.07, 6.45) is 3.77. The summed E-state index contributed by atoms with van der Waals surface area (Å²) < 4.78 is 15.1. The van der Waals surface area contributed by atoms with Crippen molar-refractivity contribution >= 4 is 11.9 Å². The van der Waals surface area contributed by atoms with Crippen molar-refractivity contribution in [2.24, 2.45) is 5.92 Å². The van der Waals surface area contributed by atoms with Crippen LogP contribution >= 0.6 is 0 Å². The SMILES string of the molecule is CCCOC(=O)CCCCC(=O)OCC(C)CCOC. The van der Waals surface area contributed by atoms with Crippen molar-refractivity contribution in [3.05, 3.63) is 0 Å². The van der Waals surface area contributed by atoms with Crippen LogP contribution in [0, 0.1) is 5.92 Å². The van der Waals surface area contributed by atoms with Crippen LogP contribution in [0.2, 0.25) is 0 Å². The molecule has 118 valence electrons. The molecule has 0 radical (unpaired) electrons. The highest BCUT2D eigenvalue weighted by atomic mass is 16.5. The van der Waals surface area contributed by atoms with Gasteiger partial charge in [-0.25, -0.2) is 0 Å². The van der Waals surface area contributed by atoms with Crippen LogP contribution in [0.1, 0.15) is 52.4 Å². The first-order chi connectivity index (χ1) is 9.60. The zero-order valence-corrected chi connectivity index (χ0v) is 13.0. The maximum Gasteiger partial charge on any atom is 0.305 e. The Morgan fingerprint density at radius 1 is 1.00 bits per heavy atom. The molecular formula is C15H28O5. The third kappa shape index (κ3) is 12.0. The van der Waals surface area contributed by atoms with Gasteiger partial charge in [0.25, 0.3) is 0 Å². The first kappa shape index (κ1) is 18.9. The van der Waals surface area contributed by atoms with Crippen LogP contribution in [-0.4, -0.2) is 38.9 Å². The van der Waals surface area contributed by atoms with Crippen molar-refractivity contribution in [2.45, 2.75) is 52.4 Å². The maximum atomic E-state index is 11.5. The highest BCUT2D eigenvalue weighted by Crippen LogP contribution is 2.06. The molecule has 0 aliphatic heterocycles. The minimum absolute atomic E-state index is 0.187. The molecule has 0 heterocycles. The smallest absolute Gasteiger partial charge is 0.305 e. The van der Waals surface area contributed by atoms with Crippen LogP contribution in [0.15, 0.2) is 0 Å². The second-order valence-electron chi connectivity index (χ2n) is 5.00. The normalized spacial score (nSPS) is 11.9. The molecule has 0 amide bonds. The number of carbonyl (C=O) groups is 2. The molecule has 5 nitrogen and oxygen atoms in total. The second kappa shape index (κ2) is 12.9. The third-order valence-electron chi connectivity index (χ3n) is 2.82.